The van der Waals surface area contributed by atoms with Crippen LogP contribution in [0.5, 0.6) is 0 Å². The van der Waals surface area contributed by atoms with Crippen LogP contribution in [0.25, 0.3) is 0 Å². The van der Waals surface area contributed by atoms with Crippen molar-refractivity contribution >= 4 is 0 Å². The second-order valence-electron chi connectivity index (χ2n) is 14.0. The second-order valence-corrected chi connectivity index (χ2v) is 14.0. The number of hydrogen-bond donors (Lipinski definition) is 1. The maximum atomic E-state index is 9.04. The van der Waals surface area contributed by atoms with E-state index < -0.39 is 0 Å². The molecule has 1 N–H and O–H groups in total. The van der Waals surface area contributed by atoms with Gasteiger partial charge in [0.1, 0.15) is 0 Å². The minimum Gasteiger partial charge on any atom is -0.393 e. The molecule has 0 atom stereocenters. The van der Waals surface area contributed by atoms with Crippen molar-refractivity contribution in [1.82, 2.24) is 0 Å². The third-order valence-corrected chi connectivity index (χ3v) is 9.77. The van der Waals surface area contributed by atoms with E-state index in [9.17, 15) is 0 Å². The molecule has 0 spiro atoms. The first-order valence-electron chi connectivity index (χ1n) is 19.4. The quantitative estimate of drug-likeness (QED) is 0.0897. The summed E-state index contributed by atoms with van der Waals surface area (Å²) in [5.74, 6) is 0. The summed E-state index contributed by atoms with van der Waals surface area (Å²) >= 11 is 0. The molecule has 0 fully saturated rings. The van der Waals surface area contributed by atoms with Crippen molar-refractivity contribution < 1.29 is 150 Å². The molecule has 312 valence electrons. The minimum atomic E-state index is 0. The molecule has 0 saturated carbocycles. The van der Waals surface area contributed by atoms with E-state index in [1.54, 1.807) is 0 Å². The third kappa shape index (κ3) is 22.3. The summed E-state index contributed by atoms with van der Waals surface area (Å²) in [6, 6.07) is 16.8. The van der Waals surface area contributed by atoms with E-state index in [0.717, 1.165) is 79.7 Å². The summed E-state index contributed by atoms with van der Waals surface area (Å²) in [6.45, 7) is 39.6. The molecular weight excluding hydrogens is 1020 g/mol. The molecule has 0 heterocycles. The summed E-state index contributed by atoms with van der Waals surface area (Å²) in [6.07, 6.45) is 5.19. The van der Waals surface area contributed by atoms with Gasteiger partial charge in [-0.2, -0.15) is 98.5 Å². The zero-order valence-corrected chi connectivity index (χ0v) is 48.3. The Bertz CT molecular complexity index is 1700. The molecule has 8 heteroatoms. The SMILES string of the molecule is C.[CH2-]c1cc(CC)c(C)c(CO)c1.[CH2-]c1cc(CC)c(C)c(COCCC)c1.[CH2-]c1cc(CC)c(C)c(COCc2cc([CH2-])cc(COCCC)c2C)c1.[Y].[Y].[Y].[Y]. The average molecular weight is 1090 g/mol. The van der Waals surface area contributed by atoms with Gasteiger partial charge in [0.2, 0.25) is 0 Å². The Morgan fingerprint density at radius 1 is 0.397 bits per heavy atom. The molecule has 0 aliphatic heterocycles. The van der Waals surface area contributed by atoms with Gasteiger partial charge >= 0.3 is 0 Å². The standard InChI is InChI=1S/C24H32O2.C14H21O.C11H15O.CH4.4Y/c1-7-9-25-14-22-12-18(4)13-24(20(22)6)16-26-15-23-11-17(3)10-21(8-2)19(23)5;1-5-7-15-10-14-9-11(3)8-13(6-2)12(14)4;1-4-10-5-8(2)6-11(7-12)9(10)3;;;;;/h10-13H,3-4,7-9,14-16H2,1-2,5-6H3;8-9H,3,5-7,10H2,1-2,4H3;5-6,12H,2,4,7H2,1,3H3;1H4;;;;/q-2;2*-1;;;;;. The van der Waals surface area contributed by atoms with Gasteiger partial charge in [0.05, 0.1) is 33.0 Å². The van der Waals surface area contributed by atoms with Crippen LogP contribution in [-0.4, -0.2) is 18.3 Å². The van der Waals surface area contributed by atoms with Crippen LogP contribution in [0.1, 0.15) is 144 Å². The number of aliphatic hydroxyl groups excluding tert-OH is 1. The summed E-state index contributed by atoms with van der Waals surface area (Å²) in [7, 11) is 0. The zero-order valence-electron chi connectivity index (χ0n) is 36.9. The molecular formula is C50H72O4Y4-4. The van der Waals surface area contributed by atoms with Crippen molar-refractivity contribution in [1.29, 1.82) is 0 Å². The van der Waals surface area contributed by atoms with Crippen molar-refractivity contribution in [3.8, 4) is 0 Å². The topological polar surface area (TPSA) is 47.9 Å². The maximum Gasteiger partial charge on any atom is 0.0612 e. The van der Waals surface area contributed by atoms with E-state index in [0.29, 0.717) is 19.8 Å². The van der Waals surface area contributed by atoms with Crippen molar-refractivity contribution in [2.45, 2.75) is 135 Å². The van der Waals surface area contributed by atoms with Crippen molar-refractivity contribution in [3.63, 3.8) is 0 Å². The van der Waals surface area contributed by atoms with Crippen LogP contribution < -0.4 is 0 Å². The average Bonchev–Trinajstić information content (AvgIpc) is 3.13. The number of ether oxygens (including phenoxy) is 3. The molecule has 0 aromatic heterocycles. The van der Waals surface area contributed by atoms with E-state index in [-0.39, 0.29) is 145 Å². The molecule has 0 bridgehead atoms. The minimum absolute atomic E-state index is 0. The van der Waals surface area contributed by atoms with E-state index in [2.05, 4.69) is 126 Å². The Balaban J connectivity index is -0.000000392. The zero-order chi connectivity index (χ0) is 39.5. The van der Waals surface area contributed by atoms with Crippen LogP contribution in [0.4, 0.5) is 0 Å². The largest absolute Gasteiger partial charge is 0.393 e. The summed E-state index contributed by atoms with van der Waals surface area (Å²) in [4.78, 5) is 0. The van der Waals surface area contributed by atoms with Crippen LogP contribution in [0.2, 0.25) is 0 Å². The first-order valence-corrected chi connectivity index (χ1v) is 19.4. The monoisotopic (exact) mass is 1090 g/mol. The van der Waals surface area contributed by atoms with Gasteiger partial charge in [-0.1, -0.05) is 92.1 Å². The fourth-order valence-corrected chi connectivity index (χ4v) is 6.44. The van der Waals surface area contributed by atoms with Gasteiger partial charge in [0.25, 0.3) is 0 Å². The van der Waals surface area contributed by atoms with Crippen molar-refractivity contribution in [2.24, 2.45) is 0 Å². The molecule has 0 unspecified atom stereocenters. The Morgan fingerprint density at radius 3 is 0.879 bits per heavy atom. The summed E-state index contributed by atoms with van der Waals surface area (Å²) in [5, 5.41) is 9.04. The molecule has 4 aromatic rings. The molecule has 0 aliphatic carbocycles. The Kier molecular flexibility index (Phi) is 40.5. The van der Waals surface area contributed by atoms with Crippen LogP contribution in [0, 0.1) is 55.4 Å². The van der Waals surface area contributed by atoms with Gasteiger partial charge in [-0.15, -0.1) is 16.7 Å². The van der Waals surface area contributed by atoms with E-state index >= 15 is 0 Å². The van der Waals surface area contributed by atoms with Gasteiger partial charge in [0, 0.05) is 144 Å². The summed E-state index contributed by atoms with van der Waals surface area (Å²) < 4.78 is 17.3. The summed E-state index contributed by atoms with van der Waals surface area (Å²) in [5.41, 5.74) is 19.2. The number of aryl methyl sites for hydroxylation is 3. The van der Waals surface area contributed by atoms with Crippen molar-refractivity contribution in [2.75, 3.05) is 13.2 Å². The molecule has 0 saturated heterocycles. The van der Waals surface area contributed by atoms with Gasteiger partial charge in [0.15, 0.2) is 0 Å². The Labute approximate surface area is 457 Å². The fraction of sp³-hybridized carbons (Fsp3) is 0.440. The van der Waals surface area contributed by atoms with Gasteiger partial charge in [-0.3, -0.25) is 0 Å². The molecule has 4 radical (unpaired) electrons. The van der Waals surface area contributed by atoms with Gasteiger partial charge in [-0.25, -0.2) is 0 Å². The Hall–Kier alpha value is 0.616. The van der Waals surface area contributed by atoms with Crippen LogP contribution in [-0.2, 0) is 197 Å². The second kappa shape index (κ2) is 36.0. The number of hydrogen-bond acceptors (Lipinski definition) is 4. The van der Waals surface area contributed by atoms with Crippen LogP contribution in [0.15, 0.2) is 48.5 Å². The number of rotatable bonds is 16. The van der Waals surface area contributed by atoms with Gasteiger partial charge < -0.3 is 19.3 Å². The molecule has 0 amide bonds. The van der Waals surface area contributed by atoms with Crippen LogP contribution in [0.3, 0.4) is 0 Å². The number of aliphatic hydroxyl groups is 1. The predicted octanol–water partition coefficient (Wildman–Crippen LogP) is 12.4. The maximum absolute atomic E-state index is 9.04. The van der Waals surface area contributed by atoms with E-state index in [4.69, 9.17) is 19.3 Å². The Morgan fingerprint density at radius 2 is 0.621 bits per heavy atom. The van der Waals surface area contributed by atoms with E-state index in [1.165, 1.54) is 61.2 Å². The van der Waals surface area contributed by atoms with E-state index in [1.807, 2.05) is 13.0 Å². The smallest absolute Gasteiger partial charge is 0.0612 e. The molecule has 4 aromatic carbocycles. The molecule has 4 rings (SSSR count). The first kappa shape index (κ1) is 65.2. The molecule has 58 heavy (non-hydrogen) atoms. The molecule has 4 nitrogen and oxygen atoms in total. The van der Waals surface area contributed by atoms with Crippen molar-refractivity contribution in [3.05, 3.63) is 165 Å². The number of benzene rings is 4. The normalized spacial score (nSPS) is 9.83. The first-order chi connectivity index (χ1) is 25.3. The predicted molar refractivity (Wildman–Crippen MR) is 232 cm³/mol. The van der Waals surface area contributed by atoms with Crippen LogP contribution >= 0.6 is 0 Å². The fourth-order valence-electron chi connectivity index (χ4n) is 6.44. The van der Waals surface area contributed by atoms with Gasteiger partial charge in [-0.05, 0) is 59.8 Å². The molecule has 0 aliphatic rings. The third-order valence-electron chi connectivity index (χ3n) is 9.77.